The van der Waals surface area contributed by atoms with Crippen LogP contribution in [0.5, 0.6) is 0 Å². The highest BCUT2D eigenvalue weighted by molar-refractivity contribution is 7.47. The number of phosphoric ester groups is 1. The standard InChI is InChI=1S/C52H89O11P/c1-4-7-10-13-16-19-22-24-27-29-32-35-38-41-50(54)59-45-49(63-52(56)43-40-37-34-31-28-25-23-20-17-14-11-8-5-2)47-61-64(57,58)60-46-48(44-53)62-51(55)42-39-36-33-30-26-21-18-15-12-9-6-3/h8,11,15,17-20,22,25,28,34,37,48-49,53H,4-7,9-10,12-14,16,21,23-24,26-27,29-33,35-36,38-47H2,1-3H3,(H,57,58)/b11-8-,18-15-,20-17-,22-19-,28-25-,37-34-. The van der Waals surface area contributed by atoms with Crippen molar-refractivity contribution in [2.24, 2.45) is 0 Å². The van der Waals surface area contributed by atoms with Gasteiger partial charge in [0.15, 0.2) is 6.10 Å². The van der Waals surface area contributed by atoms with Crippen molar-refractivity contribution in [1.29, 1.82) is 0 Å². The Bertz CT molecular complexity index is 1350. The van der Waals surface area contributed by atoms with Gasteiger partial charge < -0.3 is 24.2 Å². The monoisotopic (exact) mass is 921 g/mol. The maximum absolute atomic E-state index is 12.8. The zero-order valence-electron chi connectivity index (χ0n) is 40.2. The van der Waals surface area contributed by atoms with Crippen molar-refractivity contribution in [3.05, 3.63) is 72.9 Å². The van der Waals surface area contributed by atoms with Crippen LogP contribution in [0.3, 0.4) is 0 Å². The van der Waals surface area contributed by atoms with Crippen molar-refractivity contribution < 1.29 is 52.2 Å². The first-order chi connectivity index (χ1) is 31.2. The second-order valence-corrected chi connectivity index (χ2v) is 17.7. The van der Waals surface area contributed by atoms with E-state index in [0.29, 0.717) is 19.3 Å². The van der Waals surface area contributed by atoms with Crippen LogP contribution in [0, 0.1) is 0 Å². The molecule has 3 unspecified atom stereocenters. The second-order valence-electron chi connectivity index (χ2n) is 16.2. The minimum Gasteiger partial charge on any atom is -0.462 e. The topological polar surface area (TPSA) is 155 Å². The molecule has 0 spiro atoms. The van der Waals surface area contributed by atoms with Gasteiger partial charge in [0.1, 0.15) is 12.7 Å². The first-order valence-corrected chi connectivity index (χ1v) is 26.3. The fourth-order valence-corrected chi connectivity index (χ4v) is 7.07. The molecule has 0 saturated carbocycles. The number of rotatable bonds is 45. The van der Waals surface area contributed by atoms with Gasteiger partial charge in [-0.2, -0.15) is 0 Å². The molecule has 12 heteroatoms. The van der Waals surface area contributed by atoms with Gasteiger partial charge in [-0.1, -0.05) is 164 Å². The predicted octanol–water partition coefficient (Wildman–Crippen LogP) is 13.8. The van der Waals surface area contributed by atoms with E-state index in [0.717, 1.165) is 103 Å². The molecule has 0 aliphatic heterocycles. The molecule has 64 heavy (non-hydrogen) atoms. The van der Waals surface area contributed by atoms with E-state index in [1.54, 1.807) is 0 Å². The lowest BCUT2D eigenvalue weighted by Crippen LogP contribution is -2.30. The van der Waals surface area contributed by atoms with Gasteiger partial charge in [0.2, 0.25) is 0 Å². The van der Waals surface area contributed by atoms with Crippen LogP contribution < -0.4 is 0 Å². The van der Waals surface area contributed by atoms with E-state index in [-0.39, 0.29) is 25.9 Å². The third-order valence-corrected chi connectivity index (χ3v) is 11.0. The third-order valence-electron chi connectivity index (χ3n) is 10.1. The summed E-state index contributed by atoms with van der Waals surface area (Å²) in [6.45, 7) is 4.34. The van der Waals surface area contributed by atoms with Crippen molar-refractivity contribution >= 4 is 25.7 Å². The van der Waals surface area contributed by atoms with Crippen molar-refractivity contribution in [2.45, 2.75) is 213 Å². The molecule has 0 aliphatic carbocycles. The molecule has 0 rings (SSSR count). The van der Waals surface area contributed by atoms with Gasteiger partial charge in [-0.3, -0.25) is 23.4 Å². The fraction of sp³-hybridized carbons (Fsp3) is 0.712. The smallest absolute Gasteiger partial charge is 0.462 e. The summed E-state index contributed by atoms with van der Waals surface area (Å²) >= 11 is 0. The number of phosphoric acid groups is 1. The second kappa shape index (κ2) is 46.4. The van der Waals surface area contributed by atoms with Gasteiger partial charge in [-0.25, -0.2) is 4.57 Å². The maximum Gasteiger partial charge on any atom is 0.472 e. The summed E-state index contributed by atoms with van der Waals surface area (Å²) in [4.78, 5) is 48.1. The van der Waals surface area contributed by atoms with E-state index in [2.05, 4.69) is 81.5 Å². The Kier molecular flexibility index (Phi) is 44.2. The average molecular weight is 921 g/mol. The van der Waals surface area contributed by atoms with Crippen molar-refractivity contribution in [3.8, 4) is 0 Å². The number of ether oxygens (including phenoxy) is 3. The summed E-state index contributed by atoms with van der Waals surface area (Å²) in [5.74, 6) is -1.59. The number of allylic oxidation sites excluding steroid dienone is 12. The van der Waals surface area contributed by atoms with E-state index in [1.165, 1.54) is 38.5 Å². The van der Waals surface area contributed by atoms with Crippen molar-refractivity contribution in [1.82, 2.24) is 0 Å². The first kappa shape index (κ1) is 60.9. The quantitative estimate of drug-likeness (QED) is 0.0197. The van der Waals surface area contributed by atoms with E-state index < -0.39 is 57.8 Å². The van der Waals surface area contributed by atoms with E-state index in [4.69, 9.17) is 23.3 Å². The fourth-order valence-electron chi connectivity index (χ4n) is 6.28. The molecule has 0 aromatic heterocycles. The molecule has 3 atom stereocenters. The number of hydrogen-bond acceptors (Lipinski definition) is 10. The summed E-state index contributed by atoms with van der Waals surface area (Å²) in [6.07, 6.45) is 49.0. The number of carbonyl (C=O) groups excluding carboxylic acids is 3. The molecule has 2 N–H and O–H groups in total. The number of aliphatic hydroxyl groups is 1. The lowest BCUT2D eigenvalue weighted by Gasteiger charge is -2.21. The SMILES string of the molecule is CC/C=C\C/C=C\C/C=C\C/C=C\CCC(=O)OC(COC(=O)CCCCCCC/C=C\CCCCCC)COP(=O)(O)OCC(CO)OC(=O)CCCCCCC/C=C\CCCC. The highest BCUT2D eigenvalue weighted by Crippen LogP contribution is 2.43. The molecule has 0 amide bonds. The van der Waals surface area contributed by atoms with Crippen LogP contribution in [0.25, 0.3) is 0 Å². The molecule has 0 bridgehead atoms. The van der Waals surface area contributed by atoms with Crippen LogP contribution in [-0.4, -0.2) is 66.5 Å². The molecule has 0 radical (unpaired) electrons. The zero-order chi connectivity index (χ0) is 47.0. The Morgan fingerprint density at radius 1 is 0.453 bits per heavy atom. The molecule has 0 aliphatic rings. The van der Waals surface area contributed by atoms with Crippen LogP contribution in [0.1, 0.15) is 201 Å². The number of unbranched alkanes of at least 4 members (excludes halogenated alkanes) is 16. The molecule has 0 aromatic carbocycles. The highest BCUT2D eigenvalue weighted by atomic mass is 31.2. The number of carbonyl (C=O) groups is 3. The Morgan fingerprint density at radius 3 is 1.39 bits per heavy atom. The minimum atomic E-state index is -4.76. The molecular weight excluding hydrogens is 832 g/mol. The maximum atomic E-state index is 12.8. The van der Waals surface area contributed by atoms with Crippen LogP contribution in [0.4, 0.5) is 0 Å². The molecular formula is C52H89O11P. The number of hydrogen-bond donors (Lipinski definition) is 2. The molecule has 0 fully saturated rings. The molecule has 0 aromatic rings. The van der Waals surface area contributed by atoms with Gasteiger partial charge in [0.25, 0.3) is 0 Å². The third kappa shape index (κ3) is 44.1. The molecule has 0 heterocycles. The Morgan fingerprint density at radius 2 is 0.859 bits per heavy atom. The van der Waals surface area contributed by atoms with Crippen molar-refractivity contribution in [2.75, 3.05) is 26.4 Å². The average Bonchev–Trinajstić information content (AvgIpc) is 3.28. The lowest BCUT2D eigenvalue weighted by molar-refractivity contribution is -0.161. The summed E-state index contributed by atoms with van der Waals surface area (Å²) in [5, 5.41) is 9.74. The van der Waals surface area contributed by atoms with Crippen LogP contribution >= 0.6 is 7.82 Å². The number of esters is 3. The van der Waals surface area contributed by atoms with E-state index in [9.17, 15) is 28.9 Å². The summed E-state index contributed by atoms with van der Waals surface area (Å²) < 4.78 is 39.1. The van der Waals surface area contributed by atoms with E-state index >= 15 is 0 Å². The minimum absolute atomic E-state index is 0.0427. The number of aliphatic hydroxyl groups excluding tert-OH is 1. The Hall–Kier alpha value is -3.08. The van der Waals surface area contributed by atoms with Crippen molar-refractivity contribution in [3.63, 3.8) is 0 Å². The van der Waals surface area contributed by atoms with Crippen LogP contribution in [0.2, 0.25) is 0 Å². The Labute approximate surface area is 388 Å². The predicted molar refractivity (Wildman–Crippen MR) is 261 cm³/mol. The van der Waals surface area contributed by atoms with Gasteiger partial charge in [-0.15, -0.1) is 0 Å². The van der Waals surface area contributed by atoms with Gasteiger partial charge in [-0.05, 0) is 89.9 Å². The van der Waals surface area contributed by atoms with E-state index in [1.807, 2.05) is 12.2 Å². The molecule has 368 valence electrons. The zero-order valence-corrected chi connectivity index (χ0v) is 41.1. The molecule has 11 nitrogen and oxygen atoms in total. The van der Waals surface area contributed by atoms with Gasteiger partial charge in [0, 0.05) is 19.3 Å². The van der Waals surface area contributed by atoms with Gasteiger partial charge >= 0.3 is 25.7 Å². The van der Waals surface area contributed by atoms with Crippen LogP contribution in [0.15, 0.2) is 72.9 Å². The van der Waals surface area contributed by atoms with Gasteiger partial charge in [0.05, 0.1) is 19.8 Å². The largest absolute Gasteiger partial charge is 0.472 e. The first-order valence-electron chi connectivity index (χ1n) is 24.8. The highest BCUT2D eigenvalue weighted by Gasteiger charge is 2.28. The normalized spacial score (nSPS) is 14.1. The molecule has 0 saturated heterocycles. The summed E-state index contributed by atoms with van der Waals surface area (Å²) in [5.41, 5.74) is 0. The summed E-state index contributed by atoms with van der Waals surface area (Å²) in [7, 11) is -4.76. The van der Waals surface area contributed by atoms with Crippen LogP contribution in [-0.2, 0) is 42.2 Å². The summed E-state index contributed by atoms with van der Waals surface area (Å²) in [6, 6.07) is 0. The Balaban J connectivity index is 4.86. The lowest BCUT2D eigenvalue weighted by atomic mass is 10.1.